The van der Waals surface area contributed by atoms with E-state index in [1.54, 1.807) is 0 Å². The number of aromatic nitrogens is 3. The molecule has 0 unspecified atom stereocenters. The monoisotopic (exact) mass is 314 g/mol. The van der Waals surface area contributed by atoms with Crippen molar-refractivity contribution < 1.29 is 0 Å². The Morgan fingerprint density at radius 3 is 2.30 bits per heavy atom. The molecular weight excluding hydrogens is 288 g/mol. The standard InChI is InChI=1S/C17H26N6/c1-3-4-17-16(13-18)19-20-23(17)15-7-5-14(6-8-15)22-11-9-21(2)10-12-22/h5-8H,3-4,9-13,18H2,1-2H3. The third-order valence-corrected chi connectivity index (χ3v) is 4.49. The Morgan fingerprint density at radius 1 is 1.04 bits per heavy atom. The van der Waals surface area contributed by atoms with Gasteiger partial charge >= 0.3 is 0 Å². The van der Waals surface area contributed by atoms with Crippen molar-refractivity contribution in [2.45, 2.75) is 26.3 Å². The Bertz CT molecular complexity index is 625. The molecule has 23 heavy (non-hydrogen) atoms. The average molecular weight is 314 g/mol. The second-order valence-corrected chi connectivity index (χ2v) is 6.16. The first-order valence-corrected chi connectivity index (χ1v) is 8.40. The zero-order chi connectivity index (χ0) is 16.2. The van der Waals surface area contributed by atoms with Gasteiger partial charge in [-0.15, -0.1) is 5.10 Å². The lowest BCUT2D eigenvalue weighted by molar-refractivity contribution is 0.313. The quantitative estimate of drug-likeness (QED) is 0.904. The van der Waals surface area contributed by atoms with E-state index in [0.29, 0.717) is 6.54 Å². The molecule has 0 amide bonds. The van der Waals surface area contributed by atoms with Crippen molar-refractivity contribution in [2.24, 2.45) is 5.73 Å². The molecule has 1 aliphatic heterocycles. The van der Waals surface area contributed by atoms with Crippen LogP contribution in [0.1, 0.15) is 24.7 Å². The summed E-state index contributed by atoms with van der Waals surface area (Å²) in [7, 11) is 2.18. The minimum absolute atomic E-state index is 0.439. The van der Waals surface area contributed by atoms with Crippen LogP contribution >= 0.6 is 0 Å². The smallest absolute Gasteiger partial charge is 0.0999 e. The van der Waals surface area contributed by atoms with E-state index in [9.17, 15) is 0 Å². The molecule has 1 saturated heterocycles. The van der Waals surface area contributed by atoms with Crippen molar-refractivity contribution in [3.8, 4) is 5.69 Å². The van der Waals surface area contributed by atoms with E-state index in [1.807, 2.05) is 4.68 Å². The van der Waals surface area contributed by atoms with Crippen LogP contribution in [0.3, 0.4) is 0 Å². The minimum atomic E-state index is 0.439. The van der Waals surface area contributed by atoms with E-state index in [1.165, 1.54) is 5.69 Å². The molecule has 1 aliphatic rings. The van der Waals surface area contributed by atoms with Crippen LogP contribution in [0.2, 0.25) is 0 Å². The fraction of sp³-hybridized carbons (Fsp3) is 0.529. The third kappa shape index (κ3) is 3.38. The van der Waals surface area contributed by atoms with E-state index in [-0.39, 0.29) is 0 Å². The molecule has 0 saturated carbocycles. The van der Waals surface area contributed by atoms with Gasteiger partial charge in [0, 0.05) is 38.4 Å². The first-order chi connectivity index (χ1) is 11.2. The van der Waals surface area contributed by atoms with E-state index in [2.05, 4.69) is 58.3 Å². The van der Waals surface area contributed by atoms with E-state index in [0.717, 1.165) is 56.1 Å². The summed E-state index contributed by atoms with van der Waals surface area (Å²) in [6, 6.07) is 8.62. The van der Waals surface area contributed by atoms with Gasteiger partial charge in [-0.25, -0.2) is 4.68 Å². The normalized spacial score (nSPS) is 16.0. The first-order valence-electron chi connectivity index (χ1n) is 8.40. The molecule has 1 fully saturated rings. The predicted molar refractivity (Wildman–Crippen MR) is 93.0 cm³/mol. The molecule has 2 aromatic rings. The topological polar surface area (TPSA) is 63.2 Å². The van der Waals surface area contributed by atoms with Gasteiger partial charge in [-0.05, 0) is 37.7 Å². The molecule has 6 heteroatoms. The summed E-state index contributed by atoms with van der Waals surface area (Å²) >= 11 is 0. The van der Waals surface area contributed by atoms with Crippen LogP contribution in [0.15, 0.2) is 24.3 Å². The molecule has 0 bridgehead atoms. The van der Waals surface area contributed by atoms with Crippen LogP contribution in [0.25, 0.3) is 5.69 Å². The van der Waals surface area contributed by atoms with Gasteiger partial charge in [-0.3, -0.25) is 0 Å². The highest BCUT2D eigenvalue weighted by atomic mass is 15.4. The maximum absolute atomic E-state index is 5.78. The Labute approximate surface area is 137 Å². The van der Waals surface area contributed by atoms with Crippen molar-refractivity contribution in [3.63, 3.8) is 0 Å². The molecule has 0 radical (unpaired) electrons. The van der Waals surface area contributed by atoms with Crippen LogP contribution in [0.5, 0.6) is 0 Å². The van der Waals surface area contributed by atoms with Gasteiger partial charge in [-0.1, -0.05) is 18.6 Å². The van der Waals surface area contributed by atoms with Crippen LogP contribution in [0, 0.1) is 0 Å². The van der Waals surface area contributed by atoms with Gasteiger partial charge in [0.1, 0.15) is 0 Å². The molecule has 0 atom stereocenters. The Kier molecular flexibility index (Phi) is 4.93. The van der Waals surface area contributed by atoms with Gasteiger partial charge in [0.05, 0.1) is 17.1 Å². The highest BCUT2D eigenvalue weighted by Crippen LogP contribution is 2.20. The lowest BCUT2D eigenvalue weighted by atomic mass is 10.2. The molecule has 3 rings (SSSR count). The summed E-state index contributed by atoms with van der Waals surface area (Å²) in [5.41, 5.74) is 10.1. The third-order valence-electron chi connectivity index (χ3n) is 4.49. The SMILES string of the molecule is CCCc1c(CN)nnn1-c1ccc(N2CCN(C)CC2)cc1. The van der Waals surface area contributed by atoms with Crippen LogP contribution in [-0.4, -0.2) is 53.1 Å². The summed E-state index contributed by atoms with van der Waals surface area (Å²) < 4.78 is 1.93. The Hall–Kier alpha value is -1.92. The summed E-state index contributed by atoms with van der Waals surface area (Å²) in [5, 5.41) is 8.52. The van der Waals surface area contributed by atoms with Crippen molar-refractivity contribution in [1.29, 1.82) is 0 Å². The number of benzene rings is 1. The second kappa shape index (κ2) is 7.10. The fourth-order valence-electron chi connectivity index (χ4n) is 3.06. The van der Waals surface area contributed by atoms with Gasteiger partial charge in [0.25, 0.3) is 0 Å². The lowest BCUT2D eigenvalue weighted by Gasteiger charge is -2.34. The van der Waals surface area contributed by atoms with Gasteiger partial charge < -0.3 is 15.5 Å². The first kappa shape index (κ1) is 16.0. The largest absolute Gasteiger partial charge is 0.369 e. The number of rotatable bonds is 5. The van der Waals surface area contributed by atoms with Crippen molar-refractivity contribution in [1.82, 2.24) is 19.9 Å². The number of anilines is 1. The molecule has 0 aliphatic carbocycles. The molecule has 1 aromatic heterocycles. The Morgan fingerprint density at radius 2 is 1.70 bits per heavy atom. The predicted octanol–water partition coefficient (Wildman–Crippen LogP) is 1.43. The second-order valence-electron chi connectivity index (χ2n) is 6.16. The van der Waals surface area contributed by atoms with Crippen molar-refractivity contribution in [2.75, 3.05) is 38.1 Å². The molecule has 124 valence electrons. The molecular formula is C17H26N6. The highest BCUT2D eigenvalue weighted by Gasteiger charge is 2.15. The maximum Gasteiger partial charge on any atom is 0.0999 e. The lowest BCUT2D eigenvalue weighted by Crippen LogP contribution is -2.44. The molecule has 1 aromatic carbocycles. The Balaban J connectivity index is 1.81. The van der Waals surface area contributed by atoms with Crippen LogP contribution in [0.4, 0.5) is 5.69 Å². The summed E-state index contributed by atoms with van der Waals surface area (Å²) in [4.78, 5) is 4.80. The summed E-state index contributed by atoms with van der Waals surface area (Å²) in [6.07, 6.45) is 2.00. The number of nitrogens with two attached hydrogens (primary N) is 1. The number of likely N-dealkylation sites (N-methyl/N-ethyl adjacent to an activating group) is 1. The number of hydrogen-bond acceptors (Lipinski definition) is 5. The number of hydrogen-bond donors (Lipinski definition) is 1. The molecule has 6 nitrogen and oxygen atoms in total. The number of nitrogens with zero attached hydrogens (tertiary/aromatic N) is 5. The van der Waals surface area contributed by atoms with Crippen molar-refractivity contribution in [3.05, 3.63) is 35.7 Å². The molecule has 0 spiro atoms. The minimum Gasteiger partial charge on any atom is -0.369 e. The average Bonchev–Trinajstić information content (AvgIpc) is 2.99. The van der Waals surface area contributed by atoms with Gasteiger partial charge in [0.2, 0.25) is 0 Å². The van der Waals surface area contributed by atoms with Gasteiger partial charge in [-0.2, -0.15) is 0 Å². The summed E-state index contributed by atoms with van der Waals surface area (Å²) in [5.74, 6) is 0. The van der Waals surface area contributed by atoms with Crippen LogP contribution in [-0.2, 0) is 13.0 Å². The van der Waals surface area contributed by atoms with Crippen LogP contribution < -0.4 is 10.6 Å². The number of piperazine rings is 1. The highest BCUT2D eigenvalue weighted by molar-refractivity contribution is 5.51. The zero-order valence-electron chi connectivity index (χ0n) is 14.1. The summed E-state index contributed by atoms with van der Waals surface area (Å²) in [6.45, 7) is 6.99. The fourth-order valence-corrected chi connectivity index (χ4v) is 3.06. The molecule has 2 heterocycles. The van der Waals surface area contributed by atoms with E-state index in [4.69, 9.17) is 5.73 Å². The van der Waals surface area contributed by atoms with Crippen molar-refractivity contribution >= 4 is 5.69 Å². The maximum atomic E-state index is 5.78. The zero-order valence-corrected chi connectivity index (χ0v) is 14.1. The van der Waals surface area contributed by atoms with Gasteiger partial charge in [0.15, 0.2) is 0 Å². The van der Waals surface area contributed by atoms with E-state index >= 15 is 0 Å². The van der Waals surface area contributed by atoms with E-state index < -0.39 is 0 Å². The molecule has 2 N–H and O–H groups in total.